The molecule has 1 aromatic carbocycles. The van der Waals surface area contributed by atoms with Crippen LogP contribution in [0.1, 0.15) is 18.4 Å². The molecule has 0 aliphatic carbocycles. The summed E-state index contributed by atoms with van der Waals surface area (Å²) in [6.45, 7) is 0.677. The number of benzene rings is 1. The maximum Gasteiger partial charge on any atom is 0.389 e. The van der Waals surface area contributed by atoms with Gasteiger partial charge in [0, 0.05) is 13.0 Å². The van der Waals surface area contributed by atoms with Crippen molar-refractivity contribution in [2.24, 2.45) is 0 Å². The van der Waals surface area contributed by atoms with Crippen LogP contribution in [-0.4, -0.2) is 12.7 Å². The van der Waals surface area contributed by atoms with Gasteiger partial charge in [-0.25, -0.2) is 0 Å². The van der Waals surface area contributed by atoms with Gasteiger partial charge in [0.2, 0.25) is 0 Å². The van der Waals surface area contributed by atoms with Crippen molar-refractivity contribution in [2.45, 2.75) is 25.6 Å². The zero-order chi connectivity index (χ0) is 13.8. The van der Waals surface area contributed by atoms with Crippen molar-refractivity contribution in [1.29, 1.82) is 0 Å². The van der Waals surface area contributed by atoms with E-state index < -0.39 is 12.6 Å². The maximum atomic E-state index is 11.9. The number of alkyl halides is 3. The number of nitrogens with one attached hydrogen (secondary N) is 1. The fraction of sp³-hybridized carbons (Fsp3) is 0.455. The minimum atomic E-state index is -4.10. The molecule has 0 bridgehead atoms. The first-order chi connectivity index (χ1) is 8.29. The fourth-order valence-corrected chi connectivity index (χ4v) is 1.92. The van der Waals surface area contributed by atoms with Gasteiger partial charge in [0.25, 0.3) is 0 Å². The lowest BCUT2D eigenvalue weighted by molar-refractivity contribution is -0.135. The third-order valence-electron chi connectivity index (χ3n) is 2.28. The molecular formula is C11H13Cl2F3N2. The summed E-state index contributed by atoms with van der Waals surface area (Å²) in [5.41, 5.74) is 6.65. The molecule has 0 aromatic heterocycles. The monoisotopic (exact) mass is 300 g/mol. The van der Waals surface area contributed by atoms with E-state index in [4.69, 9.17) is 28.9 Å². The van der Waals surface area contributed by atoms with Gasteiger partial charge in [0.15, 0.2) is 0 Å². The van der Waals surface area contributed by atoms with E-state index >= 15 is 0 Å². The first kappa shape index (κ1) is 15.4. The molecule has 0 radical (unpaired) electrons. The smallest absolute Gasteiger partial charge is 0.389 e. The molecule has 0 saturated carbocycles. The molecule has 0 saturated heterocycles. The van der Waals surface area contributed by atoms with E-state index in [0.29, 0.717) is 22.3 Å². The van der Waals surface area contributed by atoms with Crippen LogP contribution in [0.5, 0.6) is 0 Å². The Kier molecular flexibility index (Phi) is 5.56. The Morgan fingerprint density at radius 2 is 1.72 bits per heavy atom. The predicted molar refractivity (Wildman–Crippen MR) is 67.9 cm³/mol. The van der Waals surface area contributed by atoms with Crippen molar-refractivity contribution in [2.75, 3.05) is 12.3 Å². The van der Waals surface area contributed by atoms with Gasteiger partial charge in [-0.05, 0) is 30.7 Å². The number of rotatable bonds is 5. The molecule has 7 heteroatoms. The van der Waals surface area contributed by atoms with Gasteiger partial charge in [0.1, 0.15) is 0 Å². The van der Waals surface area contributed by atoms with Crippen molar-refractivity contribution in [1.82, 2.24) is 5.32 Å². The largest absolute Gasteiger partial charge is 0.396 e. The van der Waals surface area contributed by atoms with E-state index in [2.05, 4.69) is 5.32 Å². The molecule has 0 aliphatic rings. The maximum absolute atomic E-state index is 11.9. The van der Waals surface area contributed by atoms with E-state index in [9.17, 15) is 13.2 Å². The molecule has 0 unspecified atom stereocenters. The van der Waals surface area contributed by atoms with Crippen molar-refractivity contribution >= 4 is 28.9 Å². The van der Waals surface area contributed by atoms with E-state index in [1.165, 1.54) is 0 Å². The van der Waals surface area contributed by atoms with Gasteiger partial charge in [0.05, 0.1) is 15.7 Å². The molecular weight excluding hydrogens is 288 g/mol. The Balaban J connectivity index is 2.36. The van der Waals surface area contributed by atoms with Crippen LogP contribution in [0.25, 0.3) is 0 Å². The van der Waals surface area contributed by atoms with Crippen LogP contribution in [0.4, 0.5) is 18.9 Å². The second-order valence-electron chi connectivity index (χ2n) is 3.87. The van der Waals surface area contributed by atoms with Gasteiger partial charge in [-0.3, -0.25) is 0 Å². The van der Waals surface area contributed by atoms with Crippen molar-refractivity contribution < 1.29 is 13.2 Å². The lowest BCUT2D eigenvalue weighted by atomic mass is 10.2. The second-order valence-corrected chi connectivity index (χ2v) is 4.68. The van der Waals surface area contributed by atoms with Crippen molar-refractivity contribution in [3.8, 4) is 0 Å². The number of nitrogen functional groups attached to an aromatic ring is 1. The Bertz CT molecular complexity index is 385. The Morgan fingerprint density at radius 3 is 2.22 bits per heavy atom. The normalized spacial score (nSPS) is 11.8. The standard InChI is InChI=1S/C11H13Cl2F3N2/c12-8-4-7(5-9(13)10(8)17)6-18-3-1-2-11(14,15)16/h4-5,18H,1-3,6,17H2. The molecule has 0 heterocycles. The predicted octanol–water partition coefficient (Wildman–Crippen LogP) is 4.01. The van der Waals surface area contributed by atoms with E-state index in [1.807, 2.05) is 0 Å². The highest BCUT2D eigenvalue weighted by atomic mass is 35.5. The summed E-state index contributed by atoms with van der Waals surface area (Å²) in [7, 11) is 0. The molecule has 0 atom stereocenters. The summed E-state index contributed by atoms with van der Waals surface area (Å²) in [6, 6.07) is 3.28. The Labute approximate surface area is 113 Å². The molecule has 0 amide bonds. The molecule has 102 valence electrons. The fourth-order valence-electron chi connectivity index (χ4n) is 1.39. The summed E-state index contributed by atoms with van der Waals surface area (Å²) < 4.78 is 35.6. The quantitative estimate of drug-likeness (QED) is 0.637. The Morgan fingerprint density at radius 1 is 1.17 bits per heavy atom. The average Bonchev–Trinajstić information content (AvgIpc) is 2.23. The average molecular weight is 301 g/mol. The lowest BCUT2D eigenvalue weighted by Gasteiger charge is -2.09. The number of hydrogen-bond donors (Lipinski definition) is 2. The lowest BCUT2D eigenvalue weighted by Crippen LogP contribution is -2.17. The highest BCUT2D eigenvalue weighted by Crippen LogP contribution is 2.28. The molecule has 0 aliphatic heterocycles. The summed E-state index contributed by atoms with van der Waals surface area (Å²) in [5.74, 6) is 0. The highest BCUT2D eigenvalue weighted by Gasteiger charge is 2.25. The van der Waals surface area contributed by atoms with Crippen molar-refractivity contribution in [3.63, 3.8) is 0 Å². The number of nitrogens with two attached hydrogens (primary N) is 1. The molecule has 2 nitrogen and oxygen atoms in total. The Hall–Kier alpha value is -0.650. The number of hydrogen-bond acceptors (Lipinski definition) is 2. The van der Waals surface area contributed by atoms with Crippen LogP contribution >= 0.6 is 23.2 Å². The van der Waals surface area contributed by atoms with Gasteiger partial charge in [-0.15, -0.1) is 0 Å². The number of anilines is 1. The van der Waals surface area contributed by atoms with Gasteiger partial charge in [-0.1, -0.05) is 23.2 Å². The molecule has 0 spiro atoms. The first-order valence-corrected chi connectivity index (χ1v) is 6.06. The third-order valence-corrected chi connectivity index (χ3v) is 2.91. The summed E-state index contributed by atoms with van der Waals surface area (Å²) in [6.07, 6.45) is -4.85. The van der Waals surface area contributed by atoms with Crippen LogP contribution in [0.15, 0.2) is 12.1 Å². The summed E-state index contributed by atoms with van der Waals surface area (Å²) in [5, 5.41) is 3.57. The zero-order valence-corrected chi connectivity index (χ0v) is 11.0. The molecule has 0 fully saturated rings. The van der Waals surface area contributed by atoms with Crippen LogP contribution in [-0.2, 0) is 6.54 Å². The van der Waals surface area contributed by atoms with Crippen molar-refractivity contribution in [3.05, 3.63) is 27.7 Å². The van der Waals surface area contributed by atoms with E-state index in [0.717, 1.165) is 5.56 Å². The summed E-state index contributed by atoms with van der Waals surface area (Å²) in [4.78, 5) is 0. The van der Waals surface area contributed by atoms with Gasteiger partial charge < -0.3 is 11.1 Å². The van der Waals surface area contributed by atoms with Crippen LogP contribution in [0.2, 0.25) is 10.0 Å². The SMILES string of the molecule is Nc1c(Cl)cc(CNCCCC(F)(F)F)cc1Cl. The number of halogens is 5. The molecule has 1 rings (SSSR count). The van der Waals surface area contributed by atoms with E-state index in [-0.39, 0.29) is 13.0 Å². The topological polar surface area (TPSA) is 38.0 Å². The highest BCUT2D eigenvalue weighted by molar-refractivity contribution is 6.38. The van der Waals surface area contributed by atoms with Gasteiger partial charge >= 0.3 is 6.18 Å². The van der Waals surface area contributed by atoms with Gasteiger partial charge in [-0.2, -0.15) is 13.2 Å². The minimum absolute atomic E-state index is 0.0416. The molecule has 18 heavy (non-hydrogen) atoms. The van der Waals surface area contributed by atoms with Crippen LogP contribution in [0, 0.1) is 0 Å². The third kappa shape index (κ3) is 5.33. The van der Waals surface area contributed by atoms with E-state index in [1.54, 1.807) is 12.1 Å². The second kappa shape index (κ2) is 6.50. The summed E-state index contributed by atoms with van der Waals surface area (Å²) >= 11 is 11.7. The molecule has 3 N–H and O–H groups in total. The van der Waals surface area contributed by atoms with Crippen LogP contribution in [0.3, 0.4) is 0 Å². The molecule has 1 aromatic rings. The van der Waals surface area contributed by atoms with Crippen LogP contribution < -0.4 is 11.1 Å². The minimum Gasteiger partial charge on any atom is -0.396 e. The zero-order valence-electron chi connectivity index (χ0n) is 9.45. The first-order valence-electron chi connectivity index (χ1n) is 5.30.